The number of hydrogen-bond donors (Lipinski definition) is 0. The third-order valence-electron chi connectivity index (χ3n) is 10.5. The summed E-state index contributed by atoms with van der Waals surface area (Å²) in [6.45, 7) is 0.800. The number of nitrogens with zero attached hydrogens (tertiary/aromatic N) is 3. The highest BCUT2D eigenvalue weighted by Gasteiger charge is 2.32. The minimum Gasteiger partial charge on any atom is -0.456 e. The van der Waals surface area contributed by atoms with Gasteiger partial charge in [-0.05, 0) is 101 Å². The predicted octanol–water partition coefficient (Wildman–Crippen LogP) is 10.8. The Morgan fingerprint density at radius 1 is 0.688 bits per heavy atom. The molecule has 4 heteroatoms. The first-order valence-corrected chi connectivity index (χ1v) is 16.7. The van der Waals surface area contributed by atoms with E-state index in [0.29, 0.717) is 0 Å². The number of aromatic nitrogens is 1. The molecule has 2 unspecified atom stereocenters. The van der Waals surface area contributed by atoms with E-state index in [9.17, 15) is 5.26 Å². The Labute approximate surface area is 278 Å². The quantitative estimate of drug-likeness (QED) is 0.198. The molecule has 0 spiro atoms. The second-order valence-corrected chi connectivity index (χ2v) is 13.1. The number of allylic oxidation sites excluding steroid dienone is 4. The Bertz CT molecular complexity index is 2570. The van der Waals surface area contributed by atoms with E-state index in [0.717, 1.165) is 46.9 Å². The molecule has 0 saturated carbocycles. The van der Waals surface area contributed by atoms with Gasteiger partial charge in [0.1, 0.15) is 11.2 Å². The number of benzene rings is 5. The predicted molar refractivity (Wildman–Crippen MR) is 195 cm³/mol. The van der Waals surface area contributed by atoms with Crippen molar-refractivity contribution in [2.75, 3.05) is 4.90 Å². The van der Waals surface area contributed by atoms with Gasteiger partial charge in [0.05, 0.1) is 18.0 Å². The van der Waals surface area contributed by atoms with Crippen molar-refractivity contribution < 1.29 is 4.42 Å². The first kappa shape index (κ1) is 27.1. The van der Waals surface area contributed by atoms with Crippen molar-refractivity contribution in [3.63, 3.8) is 0 Å². The second-order valence-electron chi connectivity index (χ2n) is 13.1. The van der Waals surface area contributed by atoms with Crippen molar-refractivity contribution in [3.05, 3.63) is 162 Å². The highest BCUT2D eigenvalue weighted by atomic mass is 16.3. The highest BCUT2D eigenvalue weighted by molar-refractivity contribution is 6.06. The molecule has 48 heavy (non-hydrogen) atoms. The molecule has 0 radical (unpaired) electrons. The topological polar surface area (TPSA) is 45.1 Å². The van der Waals surface area contributed by atoms with Crippen molar-refractivity contribution in [1.29, 1.82) is 5.26 Å². The SMILES string of the molecule is N#CC1C=Cc2c(c3ccccc3n2C2C=CC3=C(C2)c2ccc(-c4ccc5c(c4)oc4ccccc45)cc2CN3c2ccccc2)C1. The van der Waals surface area contributed by atoms with Crippen molar-refractivity contribution in [3.8, 4) is 17.2 Å². The lowest BCUT2D eigenvalue weighted by atomic mass is 9.84. The summed E-state index contributed by atoms with van der Waals surface area (Å²) in [6.07, 6.45) is 10.6. The molecule has 0 bridgehead atoms. The molecule has 3 heterocycles. The zero-order valence-electron chi connectivity index (χ0n) is 26.3. The molecule has 0 amide bonds. The maximum absolute atomic E-state index is 9.72. The van der Waals surface area contributed by atoms with Crippen molar-refractivity contribution in [1.82, 2.24) is 4.57 Å². The van der Waals surface area contributed by atoms with Crippen molar-refractivity contribution in [2.45, 2.75) is 25.4 Å². The summed E-state index contributed by atoms with van der Waals surface area (Å²) in [5.74, 6) is -0.0839. The van der Waals surface area contributed by atoms with Gasteiger partial charge < -0.3 is 13.9 Å². The standard InChI is InChI=1S/C44H31N3O/c45-26-28-14-20-42-38(22-28)35-10-4-6-12-41(35)47(42)33-17-21-40-39(25-33)34-18-15-29(23-31(34)27-46(40)32-8-2-1-3-9-32)30-16-19-37-36-11-5-7-13-43(36)48-44(37)24-30/h1-21,23-24,28,33H,22,25,27H2. The van der Waals surface area contributed by atoms with E-state index in [1.807, 2.05) is 12.1 Å². The lowest BCUT2D eigenvalue weighted by molar-refractivity contribution is 0.619. The van der Waals surface area contributed by atoms with Gasteiger partial charge in [0.15, 0.2) is 0 Å². The van der Waals surface area contributed by atoms with Crippen LogP contribution in [-0.4, -0.2) is 4.57 Å². The summed E-state index contributed by atoms with van der Waals surface area (Å²) in [6, 6.07) is 43.9. The van der Waals surface area contributed by atoms with E-state index < -0.39 is 0 Å². The van der Waals surface area contributed by atoms with E-state index in [1.54, 1.807) is 0 Å². The fourth-order valence-corrected chi connectivity index (χ4v) is 8.25. The largest absolute Gasteiger partial charge is 0.456 e. The van der Waals surface area contributed by atoms with Gasteiger partial charge >= 0.3 is 0 Å². The molecule has 2 aliphatic carbocycles. The summed E-state index contributed by atoms with van der Waals surface area (Å²) in [5.41, 5.74) is 14.4. The Balaban J connectivity index is 1.09. The molecule has 0 N–H and O–H groups in total. The number of para-hydroxylation sites is 3. The first-order chi connectivity index (χ1) is 23.7. The van der Waals surface area contributed by atoms with E-state index in [4.69, 9.17) is 4.42 Å². The van der Waals surface area contributed by atoms with Gasteiger partial charge in [0.2, 0.25) is 0 Å². The smallest absolute Gasteiger partial charge is 0.136 e. The van der Waals surface area contributed by atoms with Crippen LogP contribution in [0.5, 0.6) is 0 Å². The minimum absolute atomic E-state index is 0.0839. The van der Waals surface area contributed by atoms with Crippen LogP contribution >= 0.6 is 0 Å². The van der Waals surface area contributed by atoms with Gasteiger partial charge in [-0.2, -0.15) is 5.26 Å². The summed E-state index contributed by atoms with van der Waals surface area (Å²) in [5, 5.41) is 13.3. The van der Waals surface area contributed by atoms with Crippen LogP contribution in [0.25, 0.3) is 55.6 Å². The van der Waals surface area contributed by atoms with Crippen molar-refractivity contribution >= 4 is 50.2 Å². The van der Waals surface area contributed by atoms with Crippen LogP contribution in [0.15, 0.2) is 144 Å². The molecule has 228 valence electrons. The fourth-order valence-electron chi connectivity index (χ4n) is 8.25. The molecule has 4 nitrogen and oxygen atoms in total. The Morgan fingerprint density at radius 2 is 1.46 bits per heavy atom. The molecule has 2 atom stereocenters. The average molecular weight is 618 g/mol. The molecule has 3 aliphatic rings. The van der Waals surface area contributed by atoms with Crippen LogP contribution in [0.4, 0.5) is 5.69 Å². The summed E-state index contributed by atoms with van der Waals surface area (Å²) >= 11 is 0. The fraction of sp³-hybridized carbons (Fsp3) is 0.114. The maximum Gasteiger partial charge on any atom is 0.136 e. The zero-order valence-corrected chi connectivity index (χ0v) is 26.3. The lowest BCUT2D eigenvalue weighted by Gasteiger charge is -2.38. The molecular weight excluding hydrogens is 587 g/mol. The van der Waals surface area contributed by atoms with Gasteiger partial charge in [0.25, 0.3) is 0 Å². The highest BCUT2D eigenvalue weighted by Crippen LogP contribution is 2.46. The molecule has 2 aromatic heterocycles. The summed E-state index contributed by atoms with van der Waals surface area (Å²) in [4.78, 5) is 2.47. The number of furan rings is 1. The second kappa shape index (κ2) is 10.5. The van der Waals surface area contributed by atoms with Crippen molar-refractivity contribution in [2.24, 2.45) is 5.92 Å². The molecule has 1 aliphatic heterocycles. The third-order valence-corrected chi connectivity index (χ3v) is 10.5. The number of hydrogen-bond acceptors (Lipinski definition) is 3. The average Bonchev–Trinajstić information content (AvgIpc) is 3.69. The van der Waals surface area contributed by atoms with Gasteiger partial charge in [-0.3, -0.25) is 0 Å². The molecule has 10 rings (SSSR count). The number of nitriles is 1. The van der Waals surface area contributed by atoms with Gasteiger partial charge in [-0.15, -0.1) is 0 Å². The Hall–Kier alpha value is -6.05. The number of anilines is 1. The van der Waals surface area contributed by atoms with Gasteiger partial charge in [-0.25, -0.2) is 0 Å². The molecule has 0 saturated heterocycles. The summed E-state index contributed by atoms with van der Waals surface area (Å²) in [7, 11) is 0. The Morgan fingerprint density at radius 3 is 2.35 bits per heavy atom. The normalized spacial score (nSPS) is 18.3. The molecule has 5 aromatic carbocycles. The minimum atomic E-state index is -0.0839. The molecular formula is C44H31N3O. The summed E-state index contributed by atoms with van der Waals surface area (Å²) < 4.78 is 8.76. The Kier molecular flexibility index (Phi) is 5.92. The van der Waals surface area contributed by atoms with Crippen LogP contribution in [0.2, 0.25) is 0 Å². The van der Waals surface area contributed by atoms with Crippen LogP contribution < -0.4 is 4.90 Å². The molecule has 7 aromatic rings. The zero-order chi connectivity index (χ0) is 31.8. The third kappa shape index (κ3) is 4.08. The number of rotatable bonds is 3. The van der Waals surface area contributed by atoms with Crippen LogP contribution in [0, 0.1) is 17.2 Å². The maximum atomic E-state index is 9.72. The van der Waals surface area contributed by atoms with E-state index in [-0.39, 0.29) is 12.0 Å². The van der Waals surface area contributed by atoms with Crippen LogP contribution in [0.3, 0.4) is 0 Å². The van der Waals surface area contributed by atoms with Gasteiger partial charge in [-0.1, -0.05) is 84.9 Å². The van der Waals surface area contributed by atoms with E-state index in [1.165, 1.54) is 55.8 Å². The number of fused-ring (bicyclic) bond motifs is 8. The first-order valence-electron chi connectivity index (χ1n) is 16.7. The van der Waals surface area contributed by atoms with Crippen LogP contribution in [0.1, 0.15) is 34.8 Å². The van der Waals surface area contributed by atoms with Gasteiger partial charge in [0, 0.05) is 45.3 Å². The monoisotopic (exact) mass is 617 g/mol. The lowest BCUT2D eigenvalue weighted by Crippen LogP contribution is -2.29. The van der Waals surface area contributed by atoms with E-state index >= 15 is 0 Å². The van der Waals surface area contributed by atoms with E-state index in [2.05, 4.69) is 143 Å². The molecule has 0 fully saturated rings. The van der Waals surface area contributed by atoms with Crippen LogP contribution in [-0.2, 0) is 13.0 Å².